The SMILES string of the molecule is CCNC1(CN)CCN2CCC1C2. The van der Waals surface area contributed by atoms with Crippen LogP contribution >= 0.6 is 0 Å². The molecule has 3 atom stereocenters. The van der Waals surface area contributed by atoms with Crippen LogP contribution in [0.2, 0.25) is 0 Å². The molecule has 0 amide bonds. The van der Waals surface area contributed by atoms with Crippen LogP contribution in [0.15, 0.2) is 0 Å². The zero-order chi connectivity index (χ0) is 9.31. The first-order valence-corrected chi connectivity index (χ1v) is 5.48. The summed E-state index contributed by atoms with van der Waals surface area (Å²) in [5, 5.41) is 3.62. The van der Waals surface area contributed by atoms with Gasteiger partial charge in [0.2, 0.25) is 0 Å². The summed E-state index contributed by atoms with van der Waals surface area (Å²) in [4.78, 5) is 2.57. The van der Waals surface area contributed by atoms with Gasteiger partial charge in [0.15, 0.2) is 0 Å². The van der Waals surface area contributed by atoms with Crippen LogP contribution in [0.25, 0.3) is 0 Å². The van der Waals surface area contributed by atoms with Crippen LogP contribution in [0.5, 0.6) is 0 Å². The molecule has 3 N–H and O–H groups in total. The van der Waals surface area contributed by atoms with Gasteiger partial charge in [-0.3, -0.25) is 0 Å². The normalized spacial score (nSPS) is 43.8. The molecule has 13 heavy (non-hydrogen) atoms. The van der Waals surface area contributed by atoms with Crippen molar-refractivity contribution in [2.24, 2.45) is 11.7 Å². The molecule has 2 aliphatic rings. The van der Waals surface area contributed by atoms with E-state index in [4.69, 9.17) is 5.73 Å². The summed E-state index contributed by atoms with van der Waals surface area (Å²) < 4.78 is 0. The molecule has 0 radical (unpaired) electrons. The molecule has 2 saturated heterocycles. The van der Waals surface area contributed by atoms with Crippen LogP contribution in [-0.4, -0.2) is 43.2 Å². The number of likely N-dealkylation sites (N-methyl/N-ethyl adjacent to an activating group) is 1. The van der Waals surface area contributed by atoms with E-state index in [1.807, 2.05) is 0 Å². The number of nitrogens with one attached hydrogen (secondary N) is 1. The molecule has 0 aromatic carbocycles. The zero-order valence-corrected chi connectivity index (χ0v) is 8.55. The Morgan fingerprint density at radius 1 is 1.54 bits per heavy atom. The van der Waals surface area contributed by atoms with Gasteiger partial charge in [-0.15, -0.1) is 0 Å². The maximum atomic E-state index is 5.93. The van der Waals surface area contributed by atoms with Gasteiger partial charge in [-0.1, -0.05) is 6.92 Å². The number of nitrogens with zero attached hydrogens (tertiary/aromatic N) is 1. The second kappa shape index (κ2) is 3.56. The predicted octanol–water partition coefficient (Wildman–Crippen LogP) is 0.0190. The minimum atomic E-state index is 0.266. The molecular formula is C10H21N3. The lowest BCUT2D eigenvalue weighted by molar-refractivity contribution is 0.139. The summed E-state index contributed by atoms with van der Waals surface area (Å²) in [5.74, 6) is 0.797. The third kappa shape index (κ3) is 1.49. The predicted molar refractivity (Wildman–Crippen MR) is 54.6 cm³/mol. The van der Waals surface area contributed by atoms with E-state index in [2.05, 4.69) is 17.1 Å². The van der Waals surface area contributed by atoms with Crippen LogP contribution in [0, 0.1) is 5.92 Å². The molecule has 76 valence electrons. The molecule has 2 aliphatic heterocycles. The first kappa shape index (κ1) is 9.44. The topological polar surface area (TPSA) is 41.3 Å². The molecule has 2 heterocycles. The standard InChI is InChI=1S/C10H21N3/c1-2-12-10(8-11)4-6-13-5-3-9(10)7-13/h9,12H,2-8,11H2,1H3. The summed E-state index contributed by atoms with van der Waals surface area (Å²) in [5.41, 5.74) is 6.19. The molecule has 3 unspecified atom stereocenters. The number of nitrogens with two attached hydrogens (primary N) is 1. The van der Waals surface area contributed by atoms with Crippen molar-refractivity contribution in [3.63, 3.8) is 0 Å². The molecule has 0 aliphatic carbocycles. The van der Waals surface area contributed by atoms with Crippen molar-refractivity contribution in [3.8, 4) is 0 Å². The molecule has 2 rings (SSSR count). The van der Waals surface area contributed by atoms with Crippen molar-refractivity contribution in [2.75, 3.05) is 32.7 Å². The average Bonchev–Trinajstić information content (AvgIpc) is 2.56. The lowest BCUT2D eigenvalue weighted by atomic mass is 9.79. The molecule has 3 nitrogen and oxygen atoms in total. The minimum absolute atomic E-state index is 0.266. The fourth-order valence-corrected chi connectivity index (χ4v) is 2.97. The maximum Gasteiger partial charge on any atom is 0.0357 e. The number of piperidine rings is 1. The summed E-state index contributed by atoms with van der Waals surface area (Å²) >= 11 is 0. The Morgan fingerprint density at radius 3 is 3.08 bits per heavy atom. The van der Waals surface area contributed by atoms with E-state index in [9.17, 15) is 0 Å². The Hall–Kier alpha value is -0.120. The second-order valence-corrected chi connectivity index (χ2v) is 4.43. The molecule has 2 fully saturated rings. The van der Waals surface area contributed by atoms with E-state index in [1.54, 1.807) is 0 Å². The van der Waals surface area contributed by atoms with Crippen molar-refractivity contribution in [3.05, 3.63) is 0 Å². The van der Waals surface area contributed by atoms with Gasteiger partial charge in [0.1, 0.15) is 0 Å². The van der Waals surface area contributed by atoms with E-state index >= 15 is 0 Å². The summed E-state index contributed by atoms with van der Waals surface area (Å²) in [6.07, 6.45) is 2.58. The average molecular weight is 183 g/mol. The van der Waals surface area contributed by atoms with Crippen LogP contribution in [0.4, 0.5) is 0 Å². The molecule has 0 aromatic rings. The third-order valence-corrected chi connectivity index (χ3v) is 3.82. The smallest absolute Gasteiger partial charge is 0.0357 e. The minimum Gasteiger partial charge on any atom is -0.329 e. The molecule has 0 aromatic heterocycles. The summed E-state index contributed by atoms with van der Waals surface area (Å²) in [6.45, 7) is 7.83. The lowest BCUT2D eigenvalue weighted by Gasteiger charge is -2.43. The van der Waals surface area contributed by atoms with Crippen LogP contribution in [0.1, 0.15) is 19.8 Å². The highest BCUT2D eigenvalue weighted by Crippen LogP contribution is 2.34. The Morgan fingerprint density at radius 2 is 2.38 bits per heavy atom. The second-order valence-electron chi connectivity index (χ2n) is 4.43. The van der Waals surface area contributed by atoms with E-state index in [1.165, 1.54) is 32.5 Å². The fourth-order valence-electron chi connectivity index (χ4n) is 2.97. The molecule has 2 bridgehead atoms. The van der Waals surface area contributed by atoms with Gasteiger partial charge < -0.3 is 16.0 Å². The van der Waals surface area contributed by atoms with Crippen molar-refractivity contribution in [2.45, 2.75) is 25.3 Å². The van der Waals surface area contributed by atoms with Gasteiger partial charge in [0.25, 0.3) is 0 Å². The molecule has 0 saturated carbocycles. The lowest BCUT2D eigenvalue weighted by Crippen LogP contribution is -2.60. The van der Waals surface area contributed by atoms with Crippen molar-refractivity contribution < 1.29 is 0 Å². The first-order valence-electron chi connectivity index (χ1n) is 5.48. The number of hydrogen-bond donors (Lipinski definition) is 2. The van der Waals surface area contributed by atoms with Gasteiger partial charge in [0.05, 0.1) is 0 Å². The van der Waals surface area contributed by atoms with Crippen LogP contribution < -0.4 is 11.1 Å². The molecule has 0 spiro atoms. The summed E-state index contributed by atoms with van der Waals surface area (Å²) in [7, 11) is 0. The van der Waals surface area contributed by atoms with E-state index in [-0.39, 0.29) is 5.54 Å². The zero-order valence-electron chi connectivity index (χ0n) is 8.55. The van der Waals surface area contributed by atoms with Gasteiger partial charge in [-0.05, 0) is 38.4 Å². The monoisotopic (exact) mass is 183 g/mol. The van der Waals surface area contributed by atoms with Crippen LogP contribution in [0.3, 0.4) is 0 Å². The van der Waals surface area contributed by atoms with Crippen LogP contribution in [-0.2, 0) is 0 Å². The van der Waals surface area contributed by atoms with Gasteiger partial charge >= 0.3 is 0 Å². The highest BCUT2D eigenvalue weighted by Gasteiger charge is 2.44. The van der Waals surface area contributed by atoms with Crippen molar-refractivity contribution in [1.29, 1.82) is 0 Å². The number of hydrogen-bond acceptors (Lipinski definition) is 3. The Bertz CT molecular complexity index is 183. The van der Waals surface area contributed by atoms with Gasteiger partial charge in [-0.2, -0.15) is 0 Å². The Labute approximate surface area is 80.7 Å². The maximum absolute atomic E-state index is 5.93. The number of rotatable bonds is 3. The molecular weight excluding hydrogens is 162 g/mol. The Kier molecular flexibility index (Phi) is 2.58. The highest BCUT2D eigenvalue weighted by molar-refractivity contribution is 5.03. The highest BCUT2D eigenvalue weighted by atomic mass is 15.2. The Balaban J connectivity index is 2.09. The van der Waals surface area contributed by atoms with E-state index in [0.717, 1.165) is 19.0 Å². The van der Waals surface area contributed by atoms with Gasteiger partial charge in [0, 0.05) is 18.6 Å². The molecule has 3 heteroatoms. The largest absolute Gasteiger partial charge is 0.329 e. The quantitative estimate of drug-likeness (QED) is 0.648. The fraction of sp³-hybridized carbons (Fsp3) is 1.00. The number of fused-ring (bicyclic) bond motifs is 2. The van der Waals surface area contributed by atoms with E-state index < -0.39 is 0 Å². The van der Waals surface area contributed by atoms with Gasteiger partial charge in [-0.25, -0.2) is 0 Å². The summed E-state index contributed by atoms with van der Waals surface area (Å²) in [6, 6.07) is 0. The van der Waals surface area contributed by atoms with Crippen molar-refractivity contribution in [1.82, 2.24) is 10.2 Å². The third-order valence-electron chi connectivity index (χ3n) is 3.82. The van der Waals surface area contributed by atoms with E-state index in [0.29, 0.717) is 0 Å². The van der Waals surface area contributed by atoms with Crippen molar-refractivity contribution >= 4 is 0 Å². The first-order chi connectivity index (χ1) is 6.30.